The van der Waals surface area contributed by atoms with Crippen LogP contribution in [0.1, 0.15) is 5.56 Å². The van der Waals surface area contributed by atoms with Crippen molar-refractivity contribution in [3.8, 4) is 0 Å². The summed E-state index contributed by atoms with van der Waals surface area (Å²) in [5.74, 6) is 0.691. The van der Waals surface area contributed by atoms with Crippen LogP contribution in [0, 0.1) is 3.57 Å². The molecule has 3 nitrogen and oxygen atoms in total. The smallest absolute Gasteiger partial charge is 0.239 e. The molecular weight excluding hydrogens is 279 g/mol. The Kier molecular flexibility index (Phi) is 2.68. The van der Waals surface area contributed by atoms with Gasteiger partial charge in [0.15, 0.2) is 0 Å². The maximum Gasteiger partial charge on any atom is 0.239 e. The monoisotopic (exact) mass is 288 g/mol. The molecule has 0 fully saturated rings. The molecule has 4 heteroatoms. The number of ether oxygens (including phenoxy) is 1. The highest BCUT2D eigenvalue weighted by Gasteiger charge is 2.11. The summed E-state index contributed by atoms with van der Waals surface area (Å²) in [6.07, 6.45) is 0. The molecule has 0 unspecified atom stereocenters. The van der Waals surface area contributed by atoms with E-state index in [4.69, 9.17) is 4.74 Å². The summed E-state index contributed by atoms with van der Waals surface area (Å²) in [5, 5.41) is 4.10. The number of hydrogen-bond acceptors (Lipinski definition) is 3. The molecule has 0 amide bonds. The second kappa shape index (κ2) is 3.95. The van der Waals surface area contributed by atoms with E-state index >= 15 is 0 Å². The van der Waals surface area contributed by atoms with Crippen molar-refractivity contribution in [1.82, 2.24) is 5.43 Å². The zero-order valence-corrected chi connectivity index (χ0v) is 9.11. The van der Waals surface area contributed by atoms with E-state index in [-0.39, 0.29) is 0 Å². The first-order chi connectivity index (χ1) is 6.38. The topological polar surface area (TPSA) is 33.6 Å². The van der Waals surface area contributed by atoms with Crippen molar-refractivity contribution in [2.75, 3.05) is 13.2 Å². The minimum absolute atomic E-state index is 0.684. The van der Waals surface area contributed by atoms with Crippen LogP contribution in [0.15, 0.2) is 29.4 Å². The summed E-state index contributed by atoms with van der Waals surface area (Å²) in [5.41, 5.74) is 3.97. The lowest BCUT2D eigenvalue weighted by atomic mass is 10.2. The standard InChI is InChI=1S/C9H9IN2O/c10-8-4-2-1-3-7(8)9-12-11-5-6-13-9/h1-4,11H,5-6H2. The number of benzene rings is 1. The number of hydrogen-bond donors (Lipinski definition) is 1. The van der Waals surface area contributed by atoms with Crippen LogP contribution >= 0.6 is 22.6 Å². The zero-order chi connectivity index (χ0) is 9.10. The van der Waals surface area contributed by atoms with E-state index in [1.807, 2.05) is 24.3 Å². The lowest BCUT2D eigenvalue weighted by Gasteiger charge is -2.15. The molecule has 0 spiro atoms. The fraction of sp³-hybridized carbons (Fsp3) is 0.222. The highest BCUT2D eigenvalue weighted by molar-refractivity contribution is 14.1. The normalized spacial score (nSPS) is 15.6. The Morgan fingerprint density at radius 1 is 1.38 bits per heavy atom. The molecule has 1 N–H and O–H groups in total. The maximum absolute atomic E-state index is 5.43. The largest absolute Gasteiger partial charge is 0.474 e. The molecule has 0 aliphatic carbocycles. The predicted octanol–water partition coefficient (Wildman–Crippen LogP) is 1.57. The van der Waals surface area contributed by atoms with Crippen LogP contribution in [-0.4, -0.2) is 19.0 Å². The van der Waals surface area contributed by atoms with Crippen LogP contribution in [0.3, 0.4) is 0 Å². The van der Waals surface area contributed by atoms with E-state index in [2.05, 4.69) is 33.1 Å². The van der Waals surface area contributed by atoms with Gasteiger partial charge in [-0.2, -0.15) is 0 Å². The molecule has 13 heavy (non-hydrogen) atoms. The third-order valence-corrected chi connectivity index (χ3v) is 2.68. The molecule has 0 saturated carbocycles. The van der Waals surface area contributed by atoms with Crippen molar-refractivity contribution >= 4 is 28.5 Å². The number of halogens is 1. The van der Waals surface area contributed by atoms with Gasteiger partial charge in [0.2, 0.25) is 5.90 Å². The Labute approximate surface area is 90.3 Å². The molecule has 68 valence electrons. The van der Waals surface area contributed by atoms with E-state index < -0.39 is 0 Å². The van der Waals surface area contributed by atoms with Gasteiger partial charge in [0.25, 0.3) is 0 Å². The van der Waals surface area contributed by atoms with Crippen molar-refractivity contribution in [2.24, 2.45) is 5.10 Å². The predicted molar refractivity (Wildman–Crippen MR) is 59.7 cm³/mol. The highest BCUT2D eigenvalue weighted by atomic mass is 127. The van der Waals surface area contributed by atoms with Gasteiger partial charge in [-0.15, -0.1) is 5.10 Å². The third-order valence-electron chi connectivity index (χ3n) is 1.74. The molecular formula is C9H9IN2O. The lowest BCUT2D eigenvalue weighted by Crippen LogP contribution is -2.26. The van der Waals surface area contributed by atoms with Crippen LogP contribution in [0.2, 0.25) is 0 Å². The van der Waals surface area contributed by atoms with E-state index in [1.165, 1.54) is 0 Å². The van der Waals surface area contributed by atoms with Crippen LogP contribution in [0.25, 0.3) is 0 Å². The average molecular weight is 288 g/mol. The van der Waals surface area contributed by atoms with Crippen molar-refractivity contribution in [3.63, 3.8) is 0 Å². The summed E-state index contributed by atoms with van der Waals surface area (Å²) >= 11 is 2.27. The molecule has 0 radical (unpaired) electrons. The van der Waals surface area contributed by atoms with Crippen molar-refractivity contribution in [3.05, 3.63) is 33.4 Å². The minimum Gasteiger partial charge on any atom is -0.474 e. The second-order valence-electron chi connectivity index (χ2n) is 2.65. The summed E-state index contributed by atoms with van der Waals surface area (Å²) in [7, 11) is 0. The summed E-state index contributed by atoms with van der Waals surface area (Å²) in [6.45, 7) is 1.47. The van der Waals surface area contributed by atoms with Crippen LogP contribution in [0.4, 0.5) is 0 Å². The molecule has 0 bridgehead atoms. The van der Waals surface area contributed by atoms with Crippen molar-refractivity contribution in [1.29, 1.82) is 0 Å². The molecule has 1 aliphatic heterocycles. The van der Waals surface area contributed by atoms with E-state index in [9.17, 15) is 0 Å². The number of nitrogens with zero attached hydrogens (tertiary/aromatic N) is 1. The molecule has 0 saturated heterocycles. The minimum atomic E-state index is 0.684. The number of rotatable bonds is 1. The fourth-order valence-corrected chi connectivity index (χ4v) is 1.74. The Balaban J connectivity index is 2.34. The van der Waals surface area contributed by atoms with Crippen molar-refractivity contribution in [2.45, 2.75) is 0 Å². The Bertz CT molecular complexity index is 338. The van der Waals surface area contributed by atoms with Gasteiger partial charge in [0, 0.05) is 3.57 Å². The summed E-state index contributed by atoms with van der Waals surface area (Å²) in [6, 6.07) is 8.03. The number of hydrazone groups is 1. The third kappa shape index (κ3) is 1.93. The summed E-state index contributed by atoms with van der Waals surface area (Å²) < 4.78 is 6.58. The van der Waals surface area contributed by atoms with Gasteiger partial charge in [-0.3, -0.25) is 0 Å². The molecule has 1 aromatic carbocycles. The van der Waals surface area contributed by atoms with Crippen LogP contribution < -0.4 is 5.43 Å². The molecule has 1 aliphatic rings. The maximum atomic E-state index is 5.43. The van der Waals surface area contributed by atoms with Gasteiger partial charge in [-0.25, -0.2) is 0 Å². The van der Waals surface area contributed by atoms with Gasteiger partial charge in [0.1, 0.15) is 6.61 Å². The molecule has 2 rings (SSSR count). The van der Waals surface area contributed by atoms with Gasteiger partial charge in [-0.05, 0) is 34.7 Å². The SMILES string of the molecule is Ic1ccccc1C1=NNCCO1. The van der Waals surface area contributed by atoms with Crippen LogP contribution in [-0.2, 0) is 4.74 Å². The molecule has 1 aromatic rings. The molecule has 0 atom stereocenters. The Morgan fingerprint density at radius 3 is 2.92 bits per heavy atom. The summed E-state index contributed by atoms with van der Waals surface area (Å²) in [4.78, 5) is 0. The Hall–Kier alpha value is -0.780. The Morgan fingerprint density at radius 2 is 2.23 bits per heavy atom. The quantitative estimate of drug-likeness (QED) is 0.796. The molecule has 0 aromatic heterocycles. The zero-order valence-electron chi connectivity index (χ0n) is 6.96. The van der Waals surface area contributed by atoms with Gasteiger partial charge < -0.3 is 10.2 Å². The highest BCUT2D eigenvalue weighted by Crippen LogP contribution is 2.13. The number of nitrogens with one attached hydrogen (secondary N) is 1. The first kappa shape index (κ1) is 8.80. The van der Waals surface area contributed by atoms with E-state index in [0.717, 1.165) is 15.7 Å². The van der Waals surface area contributed by atoms with Crippen molar-refractivity contribution < 1.29 is 4.74 Å². The van der Waals surface area contributed by atoms with Crippen LogP contribution in [0.5, 0.6) is 0 Å². The lowest BCUT2D eigenvalue weighted by molar-refractivity contribution is 0.279. The van der Waals surface area contributed by atoms with Gasteiger partial charge >= 0.3 is 0 Å². The van der Waals surface area contributed by atoms with Gasteiger partial charge in [0.05, 0.1) is 12.1 Å². The van der Waals surface area contributed by atoms with E-state index in [1.54, 1.807) is 0 Å². The van der Waals surface area contributed by atoms with Gasteiger partial charge in [-0.1, -0.05) is 12.1 Å². The molecule has 1 heterocycles. The van der Waals surface area contributed by atoms with E-state index in [0.29, 0.717) is 12.5 Å². The first-order valence-electron chi connectivity index (χ1n) is 4.06. The average Bonchev–Trinajstić information content (AvgIpc) is 2.20. The first-order valence-corrected chi connectivity index (χ1v) is 5.14. The fourth-order valence-electron chi connectivity index (χ4n) is 1.13. The second-order valence-corrected chi connectivity index (χ2v) is 3.82.